The summed E-state index contributed by atoms with van der Waals surface area (Å²) in [7, 11) is 0. The van der Waals surface area contributed by atoms with Crippen molar-refractivity contribution in [1.29, 1.82) is 0 Å². The highest BCUT2D eigenvalue weighted by Crippen LogP contribution is 2.21. The summed E-state index contributed by atoms with van der Waals surface area (Å²) in [5.41, 5.74) is 1.29. The molecule has 0 atom stereocenters. The Morgan fingerprint density at radius 1 is 1.04 bits per heavy atom. The summed E-state index contributed by atoms with van der Waals surface area (Å²) < 4.78 is 13.8. The first kappa shape index (κ1) is 15.7. The van der Waals surface area contributed by atoms with Crippen molar-refractivity contribution in [2.45, 2.75) is 18.9 Å². The smallest absolute Gasteiger partial charge is 0.256 e. The van der Waals surface area contributed by atoms with E-state index in [2.05, 4.69) is 26.6 Å². The van der Waals surface area contributed by atoms with Gasteiger partial charge in [0.2, 0.25) is 0 Å². The van der Waals surface area contributed by atoms with Crippen LogP contribution in [0.4, 0.5) is 10.1 Å². The molecule has 0 saturated heterocycles. The molecule has 118 valence electrons. The summed E-state index contributed by atoms with van der Waals surface area (Å²) in [5.74, 6) is -1.02. The van der Waals surface area contributed by atoms with Gasteiger partial charge in [-0.1, -0.05) is 0 Å². The van der Waals surface area contributed by atoms with Crippen molar-refractivity contribution in [2.75, 3.05) is 5.32 Å². The topological polar surface area (TPSA) is 58.2 Å². The van der Waals surface area contributed by atoms with Crippen molar-refractivity contribution in [3.63, 3.8) is 0 Å². The van der Waals surface area contributed by atoms with Crippen molar-refractivity contribution in [3.05, 3.63) is 63.9 Å². The number of carbonyl (C=O) groups is 2. The first-order chi connectivity index (χ1) is 11.0. The summed E-state index contributed by atoms with van der Waals surface area (Å²) in [6, 6.07) is 10.8. The van der Waals surface area contributed by atoms with Gasteiger partial charge in [-0.2, -0.15) is 0 Å². The number of benzene rings is 2. The minimum absolute atomic E-state index is 0.113. The summed E-state index contributed by atoms with van der Waals surface area (Å²) in [6.07, 6.45) is 2.06. The highest BCUT2D eigenvalue weighted by atomic mass is 79.9. The molecule has 6 heteroatoms. The molecule has 1 saturated carbocycles. The second kappa shape index (κ2) is 6.50. The fourth-order valence-corrected chi connectivity index (χ4v) is 2.50. The minimum atomic E-state index is -0.481. The van der Waals surface area contributed by atoms with Crippen LogP contribution in [0.25, 0.3) is 0 Å². The van der Waals surface area contributed by atoms with Gasteiger partial charge in [0.1, 0.15) is 5.82 Å². The first-order valence-corrected chi connectivity index (χ1v) is 7.99. The van der Waals surface area contributed by atoms with E-state index in [1.807, 2.05) is 0 Å². The summed E-state index contributed by atoms with van der Waals surface area (Å²) in [4.78, 5) is 24.1. The molecule has 0 unspecified atom stereocenters. The van der Waals surface area contributed by atoms with E-state index in [4.69, 9.17) is 0 Å². The van der Waals surface area contributed by atoms with Crippen LogP contribution >= 0.6 is 15.9 Å². The van der Waals surface area contributed by atoms with Crippen LogP contribution in [0.3, 0.4) is 0 Å². The van der Waals surface area contributed by atoms with E-state index >= 15 is 0 Å². The Morgan fingerprint density at radius 2 is 1.74 bits per heavy atom. The second-order valence-corrected chi connectivity index (χ2v) is 6.26. The molecule has 2 aromatic rings. The molecule has 1 fully saturated rings. The Balaban J connectivity index is 1.68. The fourth-order valence-electron chi connectivity index (χ4n) is 2.07. The Bertz CT molecular complexity index is 758. The third-order valence-corrected chi connectivity index (χ3v) is 4.18. The Morgan fingerprint density at radius 3 is 2.39 bits per heavy atom. The number of rotatable bonds is 4. The van der Waals surface area contributed by atoms with E-state index in [1.165, 1.54) is 12.1 Å². The summed E-state index contributed by atoms with van der Waals surface area (Å²) in [6.45, 7) is 0. The predicted molar refractivity (Wildman–Crippen MR) is 89.0 cm³/mol. The maximum absolute atomic E-state index is 13.3. The molecular formula is C17H14BrFN2O2. The van der Waals surface area contributed by atoms with E-state index < -0.39 is 11.7 Å². The van der Waals surface area contributed by atoms with Crippen LogP contribution in [-0.2, 0) is 0 Å². The summed E-state index contributed by atoms with van der Waals surface area (Å²) >= 11 is 3.22. The Kier molecular flexibility index (Phi) is 4.43. The van der Waals surface area contributed by atoms with E-state index in [1.54, 1.807) is 24.3 Å². The van der Waals surface area contributed by atoms with Crippen LogP contribution in [0, 0.1) is 5.82 Å². The van der Waals surface area contributed by atoms with Crippen LogP contribution in [0.5, 0.6) is 0 Å². The van der Waals surface area contributed by atoms with Crippen molar-refractivity contribution < 1.29 is 14.0 Å². The maximum Gasteiger partial charge on any atom is 0.256 e. The van der Waals surface area contributed by atoms with E-state index in [0.29, 0.717) is 21.8 Å². The first-order valence-electron chi connectivity index (χ1n) is 7.20. The molecule has 2 aromatic carbocycles. The molecule has 3 rings (SSSR count). The molecule has 4 nitrogen and oxygen atoms in total. The highest BCUT2D eigenvalue weighted by Gasteiger charge is 2.23. The zero-order valence-electron chi connectivity index (χ0n) is 12.1. The van der Waals surface area contributed by atoms with Crippen molar-refractivity contribution >= 4 is 33.4 Å². The van der Waals surface area contributed by atoms with Gasteiger partial charge in [0.25, 0.3) is 11.8 Å². The largest absolute Gasteiger partial charge is 0.349 e. The third-order valence-electron chi connectivity index (χ3n) is 3.49. The lowest BCUT2D eigenvalue weighted by atomic mass is 10.1. The third kappa shape index (κ3) is 3.96. The Labute approximate surface area is 141 Å². The van der Waals surface area contributed by atoms with Gasteiger partial charge < -0.3 is 10.6 Å². The molecular weight excluding hydrogens is 363 g/mol. The molecule has 0 bridgehead atoms. The molecule has 0 heterocycles. The van der Waals surface area contributed by atoms with Crippen molar-refractivity contribution in [3.8, 4) is 0 Å². The molecule has 1 aliphatic rings. The maximum atomic E-state index is 13.3. The molecule has 0 spiro atoms. The van der Waals surface area contributed by atoms with Crippen molar-refractivity contribution in [1.82, 2.24) is 5.32 Å². The highest BCUT2D eigenvalue weighted by molar-refractivity contribution is 9.10. The number of hydrogen-bond donors (Lipinski definition) is 2. The number of carbonyl (C=O) groups excluding carboxylic acids is 2. The molecule has 0 aromatic heterocycles. The normalized spacial score (nSPS) is 13.5. The lowest BCUT2D eigenvalue weighted by Crippen LogP contribution is -2.25. The fraction of sp³-hybridized carbons (Fsp3) is 0.176. The molecule has 2 amide bonds. The van der Waals surface area contributed by atoms with Crippen LogP contribution in [-0.4, -0.2) is 17.9 Å². The second-order valence-electron chi connectivity index (χ2n) is 5.40. The van der Waals surface area contributed by atoms with Gasteiger partial charge in [-0.15, -0.1) is 0 Å². The van der Waals surface area contributed by atoms with Gasteiger partial charge in [0, 0.05) is 21.8 Å². The van der Waals surface area contributed by atoms with Gasteiger partial charge in [-0.3, -0.25) is 9.59 Å². The number of anilines is 1. The molecule has 0 radical (unpaired) electrons. The zero-order valence-corrected chi connectivity index (χ0v) is 13.7. The average Bonchev–Trinajstić information content (AvgIpc) is 3.34. The summed E-state index contributed by atoms with van der Waals surface area (Å²) in [5, 5.41) is 5.57. The monoisotopic (exact) mass is 376 g/mol. The Hall–Kier alpha value is -2.21. The average molecular weight is 377 g/mol. The van der Waals surface area contributed by atoms with E-state index in [9.17, 15) is 14.0 Å². The van der Waals surface area contributed by atoms with Crippen LogP contribution in [0.2, 0.25) is 0 Å². The lowest BCUT2D eigenvalue weighted by Gasteiger charge is -2.08. The molecule has 1 aliphatic carbocycles. The molecule has 23 heavy (non-hydrogen) atoms. The van der Waals surface area contributed by atoms with Gasteiger partial charge in [0.15, 0.2) is 0 Å². The number of hydrogen-bond acceptors (Lipinski definition) is 2. The standard InChI is InChI=1S/C17H14BrFN2O2/c18-15-8-3-11(19)9-14(15)17(23)21-12-4-1-10(2-5-12)16(22)20-13-6-7-13/h1-5,8-9,13H,6-7H2,(H,20,22)(H,21,23). The van der Waals surface area contributed by atoms with Crippen LogP contribution in [0.15, 0.2) is 46.9 Å². The van der Waals surface area contributed by atoms with Gasteiger partial charge in [0.05, 0.1) is 5.56 Å². The lowest BCUT2D eigenvalue weighted by molar-refractivity contribution is 0.0950. The SMILES string of the molecule is O=C(NC1CC1)c1ccc(NC(=O)c2cc(F)ccc2Br)cc1. The van der Waals surface area contributed by atoms with Crippen LogP contribution in [0.1, 0.15) is 33.6 Å². The molecule has 2 N–H and O–H groups in total. The van der Waals surface area contributed by atoms with Gasteiger partial charge >= 0.3 is 0 Å². The minimum Gasteiger partial charge on any atom is -0.349 e. The van der Waals surface area contributed by atoms with Crippen molar-refractivity contribution in [2.24, 2.45) is 0 Å². The molecule has 0 aliphatic heterocycles. The number of nitrogens with one attached hydrogen (secondary N) is 2. The quantitative estimate of drug-likeness (QED) is 0.853. The zero-order chi connectivity index (χ0) is 16.4. The van der Waals surface area contributed by atoms with E-state index in [-0.39, 0.29) is 11.5 Å². The number of amides is 2. The number of halogens is 2. The van der Waals surface area contributed by atoms with Gasteiger partial charge in [-0.25, -0.2) is 4.39 Å². The van der Waals surface area contributed by atoms with Gasteiger partial charge in [-0.05, 0) is 71.2 Å². The van der Waals surface area contributed by atoms with Crippen LogP contribution < -0.4 is 10.6 Å². The predicted octanol–water partition coefficient (Wildman–Crippen LogP) is 3.73. The van der Waals surface area contributed by atoms with E-state index in [0.717, 1.165) is 18.9 Å².